The molecule has 0 unspecified atom stereocenters. The van der Waals surface area contributed by atoms with E-state index in [0.29, 0.717) is 23.2 Å². The van der Waals surface area contributed by atoms with Gasteiger partial charge in [0.2, 0.25) is 5.95 Å². The minimum Gasteiger partial charge on any atom is -0.349 e. The van der Waals surface area contributed by atoms with E-state index in [-0.39, 0.29) is 11.1 Å². The third kappa shape index (κ3) is 3.10. The summed E-state index contributed by atoms with van der Waals surface area (Å²) in [6.45, 7) is 0.359. The number of aromatic nitrogens is 4. The molecule has 136 valence electrons. The van der Waals surface area contributed by atoms with Crippen LogP contribution in [0.15, 0.2) is 53.6 Å². The lowest BCUT2D eigenvalue weighted by Crippen LogP contribution is -2.63. The quantitative estimate of drug-likeness (QED) is 0.735. The number of hydrogen-bond acceptors (Lipinski definition) is 5. The van der Waals surface area contributed by atoms with E-state index in [0.717, 1.165) is 17.0 Å². The maximum atomic E-state index is 12.2. The van der Waals surface area contributed by atoms with Crippen molar-refractivity contribution in [2.75, 3.05) is 5.32 Å². The second kappa shape index (κ2) is 6.16. The summed E-state index contributed by atoms with van der Waals surface area (Å²) < 4.78 is 1.43. The Kier molecular flexibility index (Phi) is 3.75. The zero-order valence-electron chi connectivity index (χ0n) is 14.6. The number of nitrogens with zero attached hydrogens (tertiary/aromatic N) is 4. The Morgan fingerprint density at radius 1 is 1.15 bits per heavy atom. The molecule has 7 heteroatoms. The lowest BCUT2D eigenvalue weighted by molar-refractivity contribution is 0.00146. The maximum absolute atomic E-state index is 12.2. The van der Waals surface area contributed by atoms with Gasteiger partial charge in [-0.25, -0.2) is 14.6 Å². The van der Waals surface area contributed by atoms with E-state index in [2.05, 4.69) is 20.4 Å². The molecule has 0 aliphatic heterocycles. The van der Waals surface area contributed by atoms with E-state index in [1.807, 2.05) is 18.2 Å². The van der Waals surface area contributed by atoms with E-state index in [4.69, 9.17) is 11.6 Å². The highest BCUT2D eigenvalue weighted by Crippen LogP contribution is 2.58. The molecule has 3 saturated carbocycles. The van der Waals surface area contributed by atoms with E-state index < -0.39 is 0 Å². The summed E-state index contributed by atoms with van der Waals surface area (Å²) in [6, 6.07) is 10.6. The van der Waals surface area contributed by atoms with Gasteiger partial charge in [0.05, 0.1) is 12.2 Å². The summed E-state index contributed by atoms with van der Waals surface area (Å²) in [5, 5.41) is 8.55. The van der Waals surface area contributed by atoms with Gasteiger partial charge in [0.25, 0.3) is 5.56 Å². The minimum atomic E-state index is -0.165. The summed E-state index contributed by atoms with van der Waals surface area (Å²) in [6.07, 6.45) is 7.19. The average molecular weight is 380 g/mol. The first-order valence-electron chi connectivity index (χ1n) is 9.02. The van der Waals surface area contributed by atoms with Crippen molar-refractivity contribution in [2.24, 2.45) is 5.92 Å². The van der Waals surface area contributed by atoms with E-state index in [1.54, 1.807) is 24.5 Å². The third-order valence-corrected chi connectivity index (χ3v) is 5.69. The molecule has 6 rings (SSSR count). The summed E-state index contributed by atoms with van der Waals surface area (Å²) in [7, 11) is 0. The lowest BCUT2D eigenvalue weighted by atomic mass is 9.50. The summed E-state index contributed by atoms with van der Waals surface area (Å²) in [5.41, 5.74) is 2.44. The predicted molar refractivity (Wildman–Crippen MR) is 104 cm³/mol. The molecule has 3 aliphatic carbocycles. The van der Waals surface area contributed by atoms with E-state index in [1.165, 1.54) is 30.0 Å². The Morgan fingerprint density at radius 2 is 1.93 bits per heavy atom. The van der Waals surface area contributed by atoms with Crippen LogP contribution in [0, 0.1) is 5.92 Å². The third-order valence-electron chi connectivity index (χ3n) is 5.45. The molecule has 1 N–H and O–H groups in total. The molecule has 27 heavy (non-hydrogen) atoms. The molecule has 3 fully saturated rings. The first kappa shape index (κ1) is 16.4. The fourth-order valence-corrected chi connectivity index (χ4v) is 4.13. The van der Waals surface area contributed by atoms with Crippen LogP contribution in [0.2, 0.25) is 5.02 Å². The van der Waals surface area contributed by atoms with Crippen molar-refractivity contribution in [3.63, 3.8) is 0 Å². The molecule has 3 aliphatic rings. The summed E-state index contributed by atoms with van der Waals surface area (Å²) in [4.78, 5) is 21.0. The van der Waals surface area contributed by atoms with Crippen molar-refractivity contribution < 1.29 is 0 Å². The Morgan fingerprint density at radius 3 is 2.59 bits per heavy atom. The molecule has 0 amide bonds. The van der Waals surface area contributed by atoms with Crippen molar-refractivity contribution in [1.82, 2.24) is 19.7 Å². The first-order valence-corrected chi connectivity index (χ1v) is 9.40. The second-order valence-electron chi connectivity index (χ2n) is 7.52. The fraction of sp³-hybridized carbons (Fsp3) is 0.300. The van der Waals surface area contributed by atoms with Gasteiger partial charge in [-0.05, 0) is 48.9 Å². The SMILES string of the molecule is O=c1ccc(-c2cnc(NC34CC(C3)C4)nc2)nn1Cc1cccc(Cl)c1. The van der Waals surface area contributed by atoms with Crippen LogP contribution in [-0.4, -0.2) is 25.3 Å². The number of benzene rings is 1. The number of halogens is 1. The van der Waals surface area contributed by atoms with Crippen molar-refractivity contribution >= 4 is 17.5 Å². The average Bonchev–Trinajstić information content (AvgIpc) is 2.60. The van der Waals surface area contributed by atoms with Crippen LogP contribution in [0.4, 0.5) is 5.95 Å². The van der Waals surface area contributed by atoms with Gasteiger partial charge in [0.15, 0.2) is 0 Å². The predicted octanol–water partition coefficient (Wildman–Crippen LogP) is 3.37. The van der Waals surface area contributed by atoms with Gasteiger partial charge in [-0.1, -0.05) is 23.7 Å². The summed E-state index contributed by atoms with van der Waals surface area (Å²) in [5.74, 6) is 1.56. The van der Waals surface area contributed by atoms with E-state index >= 15 is 0 Å². The van der Waals surface area contributed by atoms with Crippen molar-refractivity contribution in [3.05, 3.63) is 69.7 Å². The molecule has 6 nitrogen and oxygen atoms in total. The zero-order chi connectivity index (χ0) is 18.4. The lowest BCUT2D eigenvalue weighted by Gasteiger charge is -2.61. The van der Waals surface area contributed by atoms with Crippen LogP contribution in [0.1, 0.15) is 24.8 Å². The molecule has 3 aromatic rings. The second-order valence-corrected chi connectivity index (χ2v) is 7.96. The monoisotopic (exact) mass is 379 g/mol. The molecule has 0 radical (unpaired) electrons. The molecule has 2 heterocycles. The molecule has 0 spiro atoms. The van der Waals surface area contributed by atoms with Crippen molar-refractivity contribution in [2.45, 2.75) is 31.3 Å². The Hall–Kier alpha value is -2.73. The van der Waals surface area contributed by atoms with Gasteiger partial charge < -0.3 is 5.32 Å². The largest absolute Gasteiger partial charge is 0.349 e. The van der Waals surface area contributed by atoms with Crippen LogP contribution >= 0.6 is 11.6 Å². The Balaban J connectivity index is 1.37. The fourth-order valence-electron chi connectivity index (χ4n) is 3.92. The Bertz CT molecular complexity index is 1050. The number of hydrogen-bond donors (Lipinski definition) is 1. The molecule has 2 aromatic heterocycles. The number of anilines is 1. The highest BCUT2D eigenvalue weighted by molar-refractivity contribution is 6.30. The molecular formula is C20H18ClN5O. The molecule has 0 atom stereocenters. The first-order chi connectivity index (χ1) is 13.1. The van der Waals surface area contributed by atoms with Crippen molar-refractivity contribution in [1.29, 1.82) is 0 Å². The van der Waals surface area contributed by atoms with Crippen LogP contribution in [0.5, 0.6) is 0 Å². The van der Waals surface area contributed by atoms with Gasteiger partial charge in [0.1, 0.15) is 0 Å². The van der Waals surface area contributed by atoms with Gasteiger partial charge in [-0.2, -0.15) is 5.10 Å². The van der Waals surface area contributed by atoms with Crippen LogP contribution in [0.25, 0.3) is 11.3 Å². The normalized spacial score (nSPS) is 22.6. The van der Waals surface area contributed by atoms with Crippen LogP contribution in [0.3, 0.4) is 0 Å². The molecule has 2 bridgehead atoms. The maximum Gasteiger partial charge on any atom is 0.267 e. The molecule has 1 aromatic carbocycles. The van der Waals surface area contributed by atoms with Crippen molar-refractivity contribution in [3.8, 4) is 11.3 Å². The van der Waals surface area contributed by atoms with E-state index in [9.17, 15) is 4.79 Å². The van der Waals surface area contributed by atoms with Gasteiger partial charge in [-0.15, -0.1) is 0 Å². The molecular weight excluding hydrogens is 362 g/mol. The topological polar surface area (TPSA) is 72.7 Å². The Labute approximate surface area is 161 Å². The van der Waals surface area contributed by atoms with Crippen LogP contribution < -0.4 is 10.9 Å². The number of rotatable bonds is 5. The standard InChI is InChI=1S/C20H18ClN5O/c21-16-3-1-2-13(6-16)12-26-18(27)5-4-17(25-26)15-10-22-19(23-11-15)24-20-7-14(8-20)9-20/h1-6,10-11,14H,7-9,12H2,(H,22,23,24). The van der Waals surface area contributed by atoms with Gasteiger partial charge in [0, 0.05) is 34.6 Å². The highest BCUT2D eigenvalue weighted by Gasteiger charge is 2.56. The summed E-state index contributed by atoms with van der Waals surface area (Å²) >= 11 is 6.03. The number of nitrogens with one attached hydrogen (secondary N) is 1. The van der Waals surface area contributed by atoms with Crippen LogP contribution in [-0.2, 0) is 6.54 Å². The minimum absolute atomic E-state index is 0.165. The smallest absolute Gasteiger partial charge is 0.267 e. The van der Waals surface area contributed by atoms with Gasteiger partial charge in [-0.3, -0.25) is 4.79 Å². The molecule has 0 saturated heterocycles. The highest BCUT2D eigenvalue weighted by atomic mass is 35.5. The van der Waals surface area contributed by atoms with Gasteiger partial charge >= 0.3 is 0 Å². The zero-order valence-corrected chi connectivity index (χ0v) is 15.4.